The second-order valence-corrected chi connectivity index (χ2v) is 6.62. The van der Waals surface area contributed by atoms with Gasteiger partial charge < -0.3 is 15.0 Å². The minimum Gasteiger partial charge on any atom is -0.393 e. The molecule has 0 aromatic carbocycles. The molecule has 2 saturated carbocycles. The van der Waals surface area contributed by atoms with Crippen LogP contribution in [0.1, 0.15) is 53.9 Å². The lowest BCUT2D eigenvalue weighted by Gasteiger charge is -2.37. The summed E-state index contributed by atoms with van der Waals surface area (Å²) < 4.78 is 2.07. The van der Waals surface area contributed by atoms with Crippen molar-refractivity contribution < 1.29 is 9.90 Å². The van der Waals surface area contributed by atoms with Gasteiger partial charge in [-0.25, -0.2) is 0 Å². The predicted molar refractivity (Wildman–Crippen MR) is 85.9 cm³/mol. The van der Waals surface area contributed by atoms with E-state index in [1.807, 2.05) is 36.5 Å². The van der Waals surface area contributed by atoms with Crippen LogP contribution in [0.3, 0.4) is 0 Å². The topological polar surface area (TPSA) is 67.2 Å². The highest BCUT2D eigenvalue weighted by Gasteiger charge is 2.37. The number of aromatic nitrogens is 2. The highest BCUT2D eigenvalue weighted by Crippen LogP contribution is 2.38. The number of amides is 1. The smallest absolute Gasteiger partial charge is 0.268 e. The van der Waals surface area contributed by atoms with Crippen LogP contribution in [0.4, 0.5) is 0 Å². The molecule has 1 atom stereocenters. The maximum atomic E-state index is 12.7. The van der Waals surface area contributed by atoms with E-state index in [0.717, 1.165) is 18.5 Å². The van der Waals surface area contributed by atoms with Gasteiger partial charge in [-0.05, 0) is 55.9 Å². The Bertz CT molecular complexity index is 687. The highest BCUT2D eigenvalue weighted by atomic mass is 16.3. The molecule has 5 heteroatoms. The summed E-state index contributed by atoms with van der Waals surface area (Å²) >= 11 is 0. The van der Waals surface area contributed by atoms with Crippen LogP contribution in [0.5, 0.6) is 0 Å². The zero-order chi connectivity index (χ0) is 15.8. The number of hydrogen-bond donors (Lipinski definition) is 2. The van der Waals surface area contributed by atoms with Crippen LogP contribution >= 0.6 is 0 Å². The van der Waals surface area contributed by atoms with E-state index in [1.165, 1.54) is 0 Å². The number of aliphatic hydroxyl groups excluding tert-OH is 1. The van der Waals surface area contributed by atoms with Crippen molar-refractivity contribution in [2.24, 2.45) is 5.92 Å². The molecule has 0 spiro atoms. The molecule has 1 unspecified atom stereocenters. The van der Waals surface area contributed by atoms with Gasteiger partial charge >= 0.3 is 0 Å². The largest absolute Gasteiger partial charge is 0.393 e. The molecule has 120 valence electrons. The monoisotopic (exact) mass is 311 g/mol. The summed E-state index contributed by atoms with van der Waals surface area (Å²) in [6.45, 7) is 0. The maximum absolute atomic E-state index is 12.7. The average molecular weight is 311 g/mol. The molecule has 2 fully saturated rings. The molecule has 1 amide bonds. The number of hydrogen-bond acceptors (Lipinski definition) is 3. The summed E-state index contributed by atoms with van der Waals surface area (Å²) in [6, 6.07) is 9.88. The Morgan fingerprint density at radius 1 is 1.26 bits per heavy atom. The van der Waals surface area contributed by atoms with Gasteiger partial charge in [0, 0.05) is 18.4 Å². The van der Waals surface area contributed by atoms with Crippen LogP contribution in [0.15, 0.2) is 42.7 Å². The van der Waals surface area contributed by atoms with Crippen molar-refractivity contribution in [2.75, 3.05) is 0 Å². The Labute approximate surface area is 135 Å². The third-order valence-electron chi connectivity index (χ3n) is 4.87. The molecule has 23 heavy (non-hydrogen) atoms. The third-order valence-corrected chi connectivity index (χ3v) is 4.87. The van der Waals surface area contributed by atoms with Gasteiger partial charge in [-0.3, -0.25) is 9.78 Å². The zero-order valence-electron chi connectivity index (χ0n) is 12.9. The summed E-state index contributed by atoms with van der Waals surface area (Å²) in [5.74, 6) is 0.187. The van der Waals surface area contributed by atoms with E-state index in [-0.39, 0.29) is 24.0 Å². The van der Waals surface area contributed by atoms with Crippen molar-refractivity contribution in [1.82, 2.24) is 14.9 Å². The second-order valence-electron chi connectivity index (χ2n) is 6.62. The second kappa shape index (κ2) is 5.81. The van der Waals surface area contributed by atoms with Crippen LogP contribution < -0.4 is 5.32 Å². The fourth-order valence-corrected chi connectivity index (χ4v) is 3.37. The Kier molecular flexibility index (Phi) is 3.65. The van der Waals surface area contributed by atoms with E-state index in [4.69, 9.17) is 0 Å². The molecule has 2 heterocycles. The number of carbonyl (C=O) groups excluding carboxylic acids is 1. The number of pyridine rings is 1. The molecule has 5 nitrogen and oxygen atoms in total. The van der Waals surface area contributed by atoms with Crippen LogP contribution in [0.25, 0.3) is 0 Å². The van der Waals surface area contributed by atoms with Gasteiger partial charge in [-0.2, -0.15) is 0 Å². The Morgan fingerprint density at radius 3 is 2.74 bits per heavy atom. The zero-order valence-corrected chi connectivity index (χ0v) is 12.9. The quantitative estimate of drug-likeness (QED) is 0.891. The summed E-state index contributed by atoms with van der Waals surface area (Å²) in [7, 11) is 0. The average Bonchev–Trinajstić information content (AvgIpc) is 3.27. The molecule has 2 aromatic heterocycles. The fraction of sp³-hybridized carbons (Fsp3) is 0.444. The first-order valence-corrected chi connectivity index (χ1v) is 8.29. The summed E-state index contributed by atoms with van der Waals surface area (Å²) in [5, 5.41) is 12.8. The highest BCUT2D eigenvalue weighted by molar-refractivity contribution is 5.93. The van der Waals surface area contributed by atoms with Crippen molar-refractivity contribution >= 4 is 5.91 Å². The van der Waals surface area contributed by atoms with E-state index in [1.54, 1.807) is 6.20 Å². The van der Waals surface area contributed by atoms with Gasteiger partial charge in [0.2, 0.25) is 0 Å². The van der Waals surface area contributed by atoms with Gasteiger partial charge in [-0.1, -0.05) is 6.07 Å². The lowest BCUT2D eigenvalue weighted by Crippen LogP contribution is -2.42. The van der Waals surface area contributed by atoms with E-state index in [9.17, 15) is 9.90 Å². The normalized spacial score (nSPS) is 24.7. The van der Waals surface area contributed by atoms with Crippen LogP contribution in [-0.4, -0.2) is 26.7 Å². The van der Waals surface area contributed by atoms with E-state index in [0.29, 0.717) is 24.6 Å². The summed E-state index contributed by atoms with van der Waals surface area (Å²) in [5.41, 5.74) is 1.58. The number of rotatable bonds is 5. The Morgan fingerprint density at radius 2 is 2.09 bits per heavy atom. The first-order valence-electron chi connectivity index (χ1n) is 8.29. The number of nitrogens with one attached hydrogen (secondary N) is 1. The fourth-order valence-electron chi connectivity index (χ4n) is 3.37. The van der Waals surface area contributed by atoms with Gasteiger partial charge in [0.05, 0.1) is 17.8 Å². The lowest BCUT2D eigenvalue weighted by molar-refractivity contribution is 0.0227. The van der Waals surface area contributed by atoms with E-state index < -0.39 is 0 Å². The van der Waals surface area contributed by atoms with Gasteiger partial charge in [0.1, 0.15) is 5.69 Å². The van der Waals surface area contributed by atoms with Crippen molar-refractivity contribution in [3.05, 3.63) is 54.1 Å². The van der Waals surface area contributed by atoms with Crippen LogP contribution in [0, 0.1) is 5.92 Å². The first-order chi connectivity index (χ1) is 11.2. The lowest BCUT2D eigenvalue weighted by atomic mass is 9.76. The number of aliphatic hydroxyl groups is 1. The first kappa shape index (κ1) is 14.5. The molecular formula is C18H21N3O2. The number of nitrogens with zero attached hydrogens (tertiary/aromatic N) is 2. The van der Waals surface area contributed by atoms with Crippen molar-refractivity contribution in [2.45, 2.75) is 43.9 Å². The molecule has 2 aromatic rings. The third kappa shape index (κ3) is 2.88. The maximum Gasteiger partial charge on any atom is 0.268 e. The minimum atomic E-state index is -0.251. The molecule has 4 rings (SSSR count). The molecule has 0 aliphatic heterocycles. The predicted octanol–water partition coefficient (Wildman–Crippen LogP) is 2.46. The standard InChI is InChI=1S/C18H21N3O2/c22-14-10-12(11-14)17(15-4-1-2-8-19-15)20-18(23)16-5-3-9-21(16)13-6-7-13/h1-5,8-9,12-14,17,22H,6-7,10-11H2,(H,20,23). The Balaban J connectivity index is 1.55. The van der Waals surface area contributed by atoms with Gasteiger partial charge in [-0.15, -0.1) is 0 Å². The van der Waals surface area contributed by atoms with E-state index in [2.05, 4.69) is 14.9 Å². The SMILES string of the molecule is O=C(NC(c1ccccn1)C1CC(O)C1)c1cccn1C1CC1. The molecule has 0 saturated heterocycles. The molecule has 2 N–H and O–H groups in total. The molecular weight excluding hydrogens is 290 g/mol. The number of carbonyl (C=O) groups is 1. The van der Waals surface area contributed by atoms with Crippen molar-refractivity contribution in [3.8, 4) is 0 Å². The van der Waals surface area contributed by atoms with E-state index >= 15 is 0 Å². The summed E-state index contributed by atoms with van der Waals surface area (Å²) in [4.78, 5) is 17.2. The van der Waals surface area contributed by atoms with Crippen LogP contribution in [-0.2, 0) is 0 Å². The van der Waals surface area contributed by atoms with Crippen molar-refractivity contribution in [3.63, 3.8) is 0 Å². The molecule has 0 radical (unpaired) electrons. The van der Waals surface area contributed by atoms with Gasteiger partial charge in [0.25, 0.3) is 5.91 Å². The molecule has 2 aliphatic rings. The molecule has 0 bridgehead atoms. The minimum absolute atomic E-state index is 0.0565. The summed E-state index contributed by atoms with van der Waals surface area (Å²) in [6.07, 6.45) is 7.20. The van der Waals surface area contributed by atoms with Crippen molar-refractivity contribution in [1.29, 1.82) is 0 Å². The Hall–Kier alpha value is -2.14. The van der Waals surface area contributed by atoms with Crippen LogP contribution in [0.2, 0.25) is 0 Å². The molecule has 2 aliphatic carbocycles. The van der Waals surface area contributed by atoms with Gasteiger partial charge in [0.15, 0.2) is 0 Å².